The lowest BCUT2D eigenvalue weighted by molar-refractivity contribution is 0.112. The standard InChI is InChI=1S/C19H28O2/c1-5-7-8-9-11-21-19-17(10-6-2)12-16(14-20)13-18(19)15(3)4/h6,12-15H,2,5,7-11H2,1,3-4H3. The lowest BCUT2D eigenvalue weighted by Gasteiger charge is -2.18. The van der Waals surface area contributed by atoms with Gasteiger partial charge in [-0.3, -0.25) is 4.79 Å². The van der Waals surface area contributed by atoms with Crippen LogP contribution in [-0.4, -0.2) is 12.9 Å². The SMILES string of the molecule is C=CCc1cc(C=O)cc(C(C)C)c1OCCCCCC. The first kappa shape index (κ1) is 17.5. The number of unbranched alkanes of at least 4 members (excludes halogenated alkanes) is 3. The van der Waals surface area contributed by atoms with Gasteiger partial charge in [-0.15, -0.1) is 6.58 Å². The largest absolute Gasteiger partial charge is 0.493 e. The van der Waals surface area contributed by atoms with Crippen molar-refractivity contribution >= 4 is 6.29 Å². The van der Waals surface area contributed by atoms with Crippen LogP contribution in [0, 0.1) is 0 Å². The van der Waals surface area contributed by atoms with Gasteiger partial charge in [0, 0.05) is 5.56 Å². The molecule has 0 heterocycles. The minimum absolute atomic E-state index is 0.333. The van der Waals surface area contributed by atoms with Gasteiger partial charge in [-0.05, 0) is 42.0 Å². The summed E-state index contributed by atoms with van der Waals surface area (Å²) in [5.74, 6) is 1.28. The van der Waals surface area contributed by atoms with Crippen LogP contribution in [-0.2, 0) is 6.42 Å². The molecule has 1 rings (SSSR count). The number of aldehydes is 1. The topological polar surface area (TPSA) is 26.3 Å². The van der Waals surface area contributed by atoms with E-state index in [1.807, 2.05) is 18.2 Å². The van der Waals surface area contributed by atoms with Crippen LogP contribution in [0.2, 0.25) is 0 Å². The number of carbonyl (C=O) groups excluding carboxylic acids is 1. The maximum absolute atomic E-state index is 11.1. The fourth-order valence-electron chi connectivity index (χ4n) is 2.42. The van der Waals surface area contributed by atoms with E-state index in [0.717, 1.165) is 42.6 Å². The predicted molar refractivity (Wildman–Crippen MR) is 89.5 cm³/mol. The Labute approximate surface area is 129 Å². The van der Waals surface area contributed by atoms with E-state index in [1.54, 1.807) is 0 Å². The van der Waals surface area contributed by atoms with Crippen molar-refractivity contribution in [1.29, 1.82) is 0 Å². The molecule has 0 bridgehead atoms. The van der Waals surface area contributed by atoms with Crippen molar-refractivity contribution in [1.82, 2.24) is 0 Å². The van der Waals surface area contributed by atoms with Gasteiger partial charge in [0.2, 0.25) is 0 Å². The van der Waals surface area contributed by atoms with Crippen molar-refractivity contribution < 1.29 is 9.53 Å². The maximum Gasteiger partial charge on any atom is 0.150 e. The number of allylic oxidation sites excluding steroid dienone is 1. The zero-order valence-corrected chi connectivity index (χ0v) is 13.7. The van der Waals surface area contributed by atoms with Crippen molar-refractivity contribution in [2.24, 2.45) is 0 Å². The first-order valence-corrected chi connectivity index (χ1v) is 7.99. The Balaban J connectivity index is 2.95. The highest BCUT2D eigenvalue weighted by Gasteiger charge is 2.14. The van der Waals surface area contributed by atoms with E-state index < -0.39 is 0 Å². The third-order valence-corrected chi connectivity index (χ3v) is 3.58. The minimum Gasteiger partial charge on any atom is -0.493 e. The number of benzene rings is 1. The van der Waals surface area contributed by atoms with Gasteiger partial charge in [0.25, 0.3) is 0 Å². The second-order valence-electron chi connectivity index (χ2n) is 5.77. The van der Waals surface area contributed by atoms with E-state index in [0.29, 0.717) is 11.5 Å². The average molecular weight is 288 g/mol. The van der Waals surface area contributed by atoms with E-state index in [2.05, 4.69) is 27.4 Å². The Hall–Kier alpha value is -1.57. The molecule has 21 heavy (non-hydrogen) atoms. The van der Waals surface area contributed by atoms with E-state index in [-0.39, 0.29) is 0 Å². The monoisotopic (exact) mass is 288 g/mol. The van der Waals surface area contributed by atoms with E-state index >= 15 is 0 Å². The van der Waals surface area contributed by atoms with Gasteiger partial charge < -0.3 is 4.74 Å². The Morgan fingerprint density at radius 1 is 1.24 bits per heavy atom. The van der Waals surface area contributed by atoms with Gasteiger partial charge >= 0.3 is 0 Å². The molecule has 0 atom stereocenters. The Morgan fingerprint density at radius 2 is 2.00 bits per heavy atom. The molecule has 116 valence electrons. The molecule has 2 heteroatoms. The van der Waals surface area contributed by atoms with Gasteiger partial charge in [-0.1, -0.05) is 46.1 Å². The van der Waals surface area contributed by atoms with Crippen molar-refractivity contribution in [2.75, 3.05) is 6.61 Å². The summed E-state index contributed by atoms with van der Waals surface area (Å²) < 4.78 is 6.06. The molecule has 0 aliphatic rings. The third kappa shape index (κ3) is 5.37. The molecule has 0 aromatic heterocycles. The molecular weight excluding hydrogens is 260 g/mol. The summed E-state index contributed by atoms with van der Waals surface area (Å²) in [5.41, 5.74) is 2.90. The third-order valence-electron chi connectivity index (χ3n) is 3.58. The van der Waals surface area contributed by atoms with Crippen LogP contribution in [0.5, 0.6) is 5.75 Å². The van der Waals surface area contributed by atoms with Gasteiger partial charge in [0.15, 0.2) is 0 Å². The smallest absolute Gasteiger partial charge is 0.150 e. The molecule has 1 aromatic rings. The Bertz CT molecular complexity index is 461. The summed E-state index contributed by atoms with van der Waals surface area (Å²) in [5, 5.41) is 0. The number of hydrogen-bond donors (Lipinski definition) is 0. The van der Waals surface area contributed by atoms with Crippen LogP contribution in [0.3, 0.4) is 0 Å². The lowest BCUT2D eigenvalue weighted by atomic mass is 9.95. The summed E-state index contributed by atoms with van der Waals surface area (Å²) in [6.45, 7) is 11.0. The van der Waals surface area contributed by atoms with Crippen LogP contribution in [0.4, 0.5) is 0 Å². The van der Waals surface area contributed by atoms with Crippen LogP contribution in [0.25, 0.3) is 0 Å². The molecule has 0 aliphatic carbocycles. The van der Waals surface area contributed by atoms with Crippen LogP contribution in [0.15, 0.2) is 24.8 Å². The van der Waals surface area contributed by atoms with E-state index in [1.165, 1.54) is 19.3 Å². The van der Waals surface area contributed by atoms with Crippen molar-refractivity contribution in [2.45, 2.75) is 58.8 Å². The highest BCUT2D eigenvalue weighted by atomic mass is 16.5. The molecular formula is C19H28O2. The normalized spacial score (nSPS) is 10.7. The second-order valence-corrected chi connectivity index (χ2v) is 5.77. The van der Waals surface area contributed by atoms with Gasteiger partial charge in [-0.25, -0.2) is 0 Å². The first-order chi connectivity index (χ1) is 10.1. The molecule has 0 fully saturated rings. The summed E-state index contributed by atoms with van der Waals surface area (Å²) >= 11 is 0. The molecule has 0 radical (unpaired) electrons. The highest BCUT2D eigenvalue weighted by Crippen LogP contribution is 2.32. The lowest BCUT2D eigenvalue weighted by Crippen LogP contribution is -2.06. The van der Waals surface area contributed by atoms with Crippen molar-refractivity contribution in [3.05, 3.63) is 41.5 Å². The summed E-state index contributed by atoms with van der Waals surface area (Å²) in [4.78, 5) is 11.1. The summed E-state index contributed by atoms with van der Waals surface area (Å²) in [6, 6.07) is 3.87. The molecule has 0 amide bonds. The molecule has 2 nitrogen and oxygen atoms in total. The zero-order valence-electron chi connectivity index (χ0n) is 13.7. The first-order valence-electron chi connectivity index (χ1n) is 7.99. The number of rotatable bonds is 10. The van der Waals surface area contributed by atoms with Crippen LogP contribution < -0.4 is 4.74 Å². The number of carbonyl (C=O) groups is 1. The van der Waals surface area contributed by atoms with E-state index in [4.69, 9.17) is 4.74 Å². The minimum atomic E-state index is 0.333. The Morgan fingerprint density at radius 3 is 2.57 bits per heavy atom. The van der Waals surface area contributed by atoms with E-state index in [9.17, 15) is 4.79 Å². The van der Waals surface area contributed by atoms with Crippen molar-refractivity contribution in [3.8, 4) is 5.75 Å². The quantitative estimate of drug-likeness (QED) is 0.331. The average Bonchev–Trinajstić information content (AvgIpc) is 2.47. The molecule has 0 N–H and O–H groups in total. The fourth-order valence-corrected chi connectivity index (χ4v) is 2.42. The fraction of sp³-hybridized carbons (Fsp3) is 0.526. The second kappa shape index (κ2) is 9.38. The molecule has 1 aromatic carbocycles. The summed E-state index contributed by atoms with van der Waals surface area (Å²) in [7, 11) is 0. The van der Waals surface area contributed by atoms with Crippen molar-refractivity contribution in [3.63, 3.8) is 0 Å². The predicted octanol–water partition coefficient (Wildman–Crippen LogP) is 5.31. The summed E-state index contributed by atoms with van der Waals surface area (Å²) in [6.07, 6.45) is 8.26. The molecule has 0 aliphatic heterocycles. The highest BCUT2D eigenvalue weighted by molar-refractivity contribution is 5.76. The number of hydrogen-bond acceptors (Lipinski definition) is 2. The molecule has 0 unspecified atom stereocenters. The van der Waals surface area contributed by atoms with Gasteiger partial charge in [0.05, 0.1) is 6.61 Å². The van der Waals surface area contributed by atoms with Gasteiger partial charge in [-0.2, -0.15) is 0 Å². The van der Waals surface area contributed by atoms with Crippen LogP contribution >= 0.6 is 0 Å². The molecule has 0 spiro atoms. The van der Waals surface area contributed by atoms with Crippen LogP contribution in [0.1, 0.15) is 73.9 Å². The zero-order chi connectivity index (χ0) is 15.7. The number of ether oxygens (including phenoxy) is 1. The molecule has 0 saturated heterocycles. The molecule has 0 saturated carbocycles. The Kier molecular flexibility index (Phi) is 7.81. The van der Waals surface area contributed by atoms with Gasteiger partial charge in [0.1, 0.15) is 12.0 Å². The maximum atomic E-state index is 11.1.